The van der Waals surface area contributed by atoms with E-state index in [1.165, 1.54) is 4.31 Å². The second-order valence-corrected chi connectivity index (χ2v) is 7.48. The van der Waals surface area contributed by atoms with Crippen LogP contribution in [0.5, 0.6) is 0 Å². The van der Waals surface area contributed by atoms with Crippen molar-refractivity contribution < 1.29 is 17.9 Å². The van der Waals surface area contributed by atoms with Crippen molar-refractivity contribution in [3.05, 3.63) is 30.3 Å². The Balaban J connectivity index is 1.63. The zero-order chi connectivity index (χ0) is 15.6. The Labute approximate surface area is 130 Å². The van der Waals surface area contributed by atoms with E-state index in [2.05, 4.69) is 0 Å². The third-order valence-corrected chi connectivity index (χ3v) is 6.05. The highest BCUT2D eigenvalue weighted by Crippen LogP contribution is 2.19. The first kappa shape index (κ1) is 15.5. The number of benzene rings is 1. The molecular weight excluding hydrogens is 304 g/mol. The third kappa shape index (κ3) is 3.02. The molecule has 0 unspecified atom stereocenters. The molecule has 2 aliphatic rings. The van der Waals surface area contributed by atoms with E-state index in [0.717, 1.165) is 12.8 Å². The van der Waals surface area contributed by atoms with Gasteiger partial charge in [-0.1, -0.05) is 18.2 Å². The average molecular weight is 324 g/mol. The summed E-state index contributed by atoms with van der Waals surface area (Å²) in [5.41, 5.74) is 0. The molecule has 6 nitrogen and oxygen atoms in total. The predicted molar refractivity (Wildman–Crippen MR) is 80.8 cm³/mol. The van der Waals surface area contributed by atoms with Gasteiger partial charge in [0.25, 0.3) is 5.91 Å². The summed E-state index contributed by atoms with van der Waals surface area (Å²) >= 11 is 0. The number of sulfonamides is 1. The van der Waals surface area contributed by atoms with Crippen LogP contribution >= 0.6 is 0 Å². The molecule has 0 radical (unpaired) electrons. The van der Waals surface area contributed by atoms with Crippen molar-refractivity contribution in [2.45, 2.75) is 23.8 Å². The number of nitrogens with zero attached hydrogens (tertiary/aromatic N) is 2. The molecule has 7 heteroatoms. The van der Waals surface area contributed by atoms with E-state index in [0.29, 0.717) is 37.7 Å². The quantitative estimate of drug-likeness (QED) is 0.821. The molecule has 3 rings (SSSR count). The highest BCUT2D eigenvalue weighted by atomic mass is 32.2. The third-order valence-electron chi connectivity index (χ3n) is 4.14. The highest BCUT2D eigenvalue weighted by Gasteiger charge is 2.33. The lowest BCUT2D eigenvalue weighted by atomic mass is 10.2. The Bertz CT molecular complexity index is 618. The van der Waals surface area contributed by atoms with Crippen LogP contribution in [0.2, 0.25) is 0 Å². The van der Waals surface area contributed by atoms with Gasteiger partial charge in [0.05, 0.1) is 4.90 Å². The molecule has 0 spiro atoms. The number of carbonyl (C=O) groups excluding carboxylic acids is 1. The van der Waals surface area contributed by atoms with Crippen molar-refractivity contribution in [1.29, 1.82) is 0 Å². The molecule has 0 N–H and O–H groups in total. The van der Waals surface area contributed by atoms with Crippen molar-refractivity contribution in [3.63, 3.8) is 0 Å². The maximum atomic E-state index is 12.5. The summed E-state index contributed by atoms with van der Waals surface area (Å²) in [5.74, 6) is -0.00532. The van der Waals surface area contributed by atoms with Crippen LogP contribution in [0.15, 0.2) is 35.2 Å². The minimum absolute atomic E-state index is 0.00532. The van der Waals surface area contributed by atoms with Gasteiger partial charge >= 0.3 is 0 Å². The number of hydrogen-bond acceptors (Lipinski definition) is 4. The van der Waals surface area contributed by atoms with E-state index in [9.17, 15) is 13.2 Å². The molecular formula is C15H20N2O4S. The Morgan fingerprint density at radius 1 is 1.09 bits per heavy atom. The number of amides is 1. The lowest BCUT2D eigenvalue weighted by Crippen LogP contribution is -2.52. The van der Waals surface area contributed by atoms with Crippen LogP contribution in [0.4, 0.5) is 0 Å². The zero-order valence-electron chi connectivity index (χ0n) is 12.3. The maximum absolute atomic E-state index is 12.5. The van der Waals surface area contributed by atoms with Crippen molar-refractivity contribution in [3.8, 4) is 0 Å². The largest absolute Gasteiger partial charge is 0.368 e. The molecule has 1 amide bonds. The summed E-state index contributed by atoms with van der Waals surface area (Å²) in [6.45, 7) is 2.14. The molecule has 0 saturated carbocycles. The molecule has 0 aromatic heterocycles. The van der Waals surface area contributed by atoms with E-state index >= 15 is 0 Å². The lowest BCUT2D eigenvalue weighted by molar-refractivity contribution is -0.142. The smallest absolute Gasteiger partial charge is 0.251 e. The summed E-state index contributed by atoms with van der Waals surface area (Å²) in [5, 5.41) is 0. The molecule has 2 fully saturated rings. The van der Waals surface area contributed by atoms with Crippen LogP contribution in [0.1, 0.15) is 12.8 Å². The number of piperazine rings is 1. The van der Waals surface area contributed by atoms with Gasteiger partial charge in [0.15, 0.2) is 0 Å². The van der Waals surface area contributed by atoms with E-state index in [-0.39, 0.29) is 12.0 Å². The van der Waals surface area contributed by atoms with Crippen LogP contribution in [-0.4, -0.2) is 62.4 Å². The van der Waals surface area contributed by atoms with Crippen LogP contribution in [0.3, 0.4) is 0 Å². The van der Waals surface area contributed by atoms with Crippen LogP contribution in [0, 0.1) is 0 Å². The molecule has 1 atom stereocenters. The van der Waals surface area contributed by atoms with E-state index in [4.69, 9.17) is 4.74 Å². The molecule has 120 valence electrons. The van der Waals surface area contributed by atoms with Gasteiger partial charge in [-0.05, 0) is 25.0 Å². The van der Waals surface area contributed by atoms with Crippen molar-refractivity contribution >= 4 is 15.9 Å². The first-order valence-electron chi connectivity index (χ1n) is 7.54. The van der Waals surface area contributed by atoms with Gasteiger partial charge in [0.1, 0.15) is 6.10 Å². The van der Waals surface area contributed by atoms with Crippen molar-refractivity contribution in [2.75, 3.05) is 32.8 Å². The van der Waals surface area contributed by atoms with E-state index in [1.807, 2.05) is 0 Å². The van der Waals surface area contributed by atoms with Gasteiger partial charge < -0.3 is 9.64 Å². The van der Waals surface area contributed by atoms with Gasteiger partial charge in [-0.3, -0.25) is 4.79 Å². The van der Waals surface area contributed by atoms with Crippen molar-refractivity contribution in [2.24, 2.45) is 0 Å². The van der Waals surface area contributed by atoms with E-state index in [1.54, 1.807) is 35.2 Å². The average Bonchev–Trinajstić information content (AvgIpc) is 3.09. The molecule has 0 aliphatic carbocycles. The minimum Gasteiger partial charge on any atom is -0.368 e. The second-order valence-electron chi connectivity index (χ2n) is 5.54. The van der Waals surface area contributed by atoms with E-state index < -0.39 is 10.0 Å². The first-order valence-corrected chi connectivity index (χ1v) is 8.98. The Morgan fingerprint density at radius 2 is 1.77 bits per heavy atom. The number of rotatable bonds is 3. The summed E-state index contributed by atoms with van der Waals surface area (Å²) in [4.78, 5) is 14.3. The molecule has 1 aromatic rings. The lowest BCUT2D eigenvalue weighted by Gasteiger charge is -2.35. The van der Waals surface area contributed by atoms with Crippen LogP contribution in [-0.2, 0) is 19.6 Å². The fourth-order valence-corrected chi connectivity index (χ4v) is 4.31. The molecule has 2 aliphatic heterocycles. The molecule has 1 aromatic carbocycles. The summed E-state index contributed by atoms with van der Waals surface area (Å²) < 4.78 is 31.9. The number of carbonyl (C=O) groups is 1. The van der Waals surface area contributed by atoms with Gasteiger partial charge in [-0.2, -0.15) is 4.31 Å². The Kier molecular flexibility index (Phi) is 4.46. The zero-order valence-corrected chi connectivity index (χ0v) is 13.2. The monoisotopic (exact) mass is 324 g/mol. The fraction of sp³-hybridized carbons (Fsp3) is 0.533. The number of ether oxygens (including phenoxy) is 1. The first-order chi connectivity index (χ1) is 10.6. The maximum Gasteiger partial charge on any atom is 0.251 e. The highest BCUT2D eigenvalue weighted by molar-refractivity contribution is 7.89. The molecule has 0 bridgehead atoms. The predicted octanol–water partition coefficient (Wildman–Crippen LogP) is 0.698. The Hall–Kier alpha value is -1.44. The van der Waals surface area contributed by atoms with Gasteiger partial charge in [-0.25, -0.2) is 8.42 Å². The van der Waals surface area contributed by atoms with Crippen LogP contribution in [0.25, 0.3) is 0 Å². The standard InChI is InChI=1S/C15H20N2O4S/c18-15(14-7-4-12-21-14)16-8-10-17(11-9-16)22(19,20)13-5-2-1-3-6-13/h1-3,5-6,14H,4,7-12H2/t14-/m1/s1. The fourth-order valence-electron chi connectivity index (χ4n) is 2.87. The molecule has 22 heavy (non-hydrogen) atoms. The normalized spacial score (nSPS) is 23.6. The number of hydrogen-bond donors (Lipinski definition) is 0. The van der Waals surface area contributed by atoms with Crippen molar-refractivity contribution in [1.82, 2.24) is 9.21 Å². The van der Waals surface area contributed by atoms with Gasteiger partial charge in [0, 0.05) is 32.8 Å². The second kappa shape index (κ2) is 6.36. The SMILES string of the molecule is O=C([C@H]1CCCO1)N1CCN(S(=O)(=O)c2ccccc2)CC1. The van der Waals surface area contributed by atoms with Crippen LogP contribution < -0.4 is 0 Å². The minimum atomic E-state index is -3.47. The molecule has 2 saturated heterocycles. The summed E-state index contributed by atoms with van der Waals surface area (Å²) in [6.07, 6.45) is 1.34. The summed E-state index contributed by atoms with van der Waals surface area (Å²) in [6, 6.07) is 8.41. The molecule has 2 heterocycles. The Morgan fingerprint density at radius 3 is 2.36 bits per heavy atom. The van der Waals surface area contributed by atoms with Gasteiger partial charge in [-0.15, -0.1) is 0 Å². The summed E-state index contributed by atoms with van der Waals surface area (Å²) in [7, 11) is -3.47. The van der Waals surface area contributed by atoms with Gasteiger partial charge in [0.2, 0.25) is 10.0 Å². The topological polar surface area (TPSA) is 66.9 Å².